The topological polar surface area (TPSA) is 55.1 Å². The van der Waals surface area contributed by atoms with Gasteiger partial charge in [0.1, 0.15) is 11.4 Å². The number of halogens is 4. The van der Waals surface area contributed by atoms with Crippen LogP contribution in [0.15, 0.2) is 18.2 Å². The fourth-order valence-corrected chi connectivity index (χ4v) is 1.56. The van der Waals surface area contributed by atoms with Gasteiger partial charge in [-0.05, 0) is 18.2 Å². The van der Waals surface area contributed by atoms with E-state index in [4.69, 9.17) is 29.6 Å². The molecule has 3 nitrogen and oxygen atoms in total. The van der Waals surface area contributed by atoms with Crippen LogP contribution in [0.25, 0.3) is 0 Å². The maximum Gasteiger partial charge on any atom is 0.397 e. The highest BCUT2D eigenvalue weighted by Gasteiger charge is 2.31. The first-order valence-electron chi connectivity index (χ1n) is 4.65. The van der Waals surface area contributed by atoms with Crippen LogP contribution in [-0.2, 0) is 4.79 Å². The molecule has 0 aliphatic heterocycles. The Morgan fingerprint density at radius 2 is 2.06 bits per heavy atom. The molecule has 8 heteroatoms. The molecule has 98 valence electrons. The Hall–Kier alpha value is -1.34. The minimum Gasteiger partial charge on any atom is -0.389 e. The van der Waals surface area contributed by atoms with Crippen molar-refractivity contribution in [3.63, 3.8) is 0 Å². The number of rotatable bonds is 3. The first-order chi connectivity index (χ1) is 8.19. The van der Waals surface area contributed by atoms with Crippen molar-refractivity contribution in [1.29, 1.82) is 0 Å². The van der Waals surface area contributed by atoms with Crippen LogP contribution < -0.4 is 11.1 Å². The monoisotopic (exact) mass is 296 g/mol. The maximum atomic E-state index is 12.0. The van der Waals surface area contributed by atoms with Crippen LogP contribution in [0.1, 0.15) is 12.0 Å². The van der Waals surface area contributed by atoms with Gasteiger partial charge in [0.2, 0.25) is 5.91 Å². The molecule has 0 saturated heterocycles. The van der Waals surface area contributed by atoms with E-state index in [-0.39, 0.29) is 21.3 Å². The minimum absolute atomic E-state index is 0.0472. The van der Waals surface area contributed by atoms with Crippen LogP contribution in [-0.4, -0.2) is 17.1 Å². The fourth-order valence-electron chi connectivity index (χ4n) is 1.21. The van der Waals surface area contributed by atoms with Crippen LogP contribution in [0.4, 0.5) is 18.9 Å². The number of hydrogen-bond donors (Lipinski definition) is 2. The summed E-state index contributed by atoms with van der Waals surface area (Å²) in [5.74, 6) is -1.21. The average molecular weight is 297 g/mol. The summed E-state index contributed by atoms with van der Waals surface area (Å²) in [7, 11) is 0. The van der Waals surface area contributed by atoms with Crippen LogP contribution in [0.5, 0.6) is 0 Å². The number of hydrogen-bond acceptors (Lipinski definition) is 2. The van der Waals surface area contributed by atoms with E-state index in [0.717, 1.165) is 0 Å². The Morgan fingerprint density at radius 3 is 2.56 bits per heavy atom. The summed E-state index contributed by atoms with van der Waals surface area (Å²) in [6.07, 6.45) is -6.16. The normalized spacial score (nSPS) is 11.1. The Labute approximate surface area is 111 Å². The maximum absolute atomic E-state index is 12.0. The fraction of sp³-hybridized carbons (Fsp3) is 0.200. The number of thiocarbonyl (C=S) groups is 1. The molecular formula is C10H8ClF3N2OS. The summed E-state index contributed by atoms with van der Waals surface area (Å²) >= 11 is 10.4. The molecule has 1 amide bonds. The molecule has 0 aliphatic rings. The zero-order valence-corrected chi connectivity index (χ0v) is 10.4. The molecule has 0 aromatic heterocycles. The van der Waals surface area contributed by atoms with Gasteiger partial charge < -0.3 is 11.1 Å². The molecule has 3 N–H and O–H groups in total. The Balaban J connectivity index is 2.93. The predicted molar refractivity (Wildman–Crippen MR) is 66.6 cm³/mol. The third-order valence-electron chi connectivity index (χ3n) is 1.88. The van der Waals surface area contributed by atoms with Crippen molar-refractivity contribution in [2.45, 2.75) is 12.6 Å². The number of benzene rings is 1. The zero-order valence-electron chi connectivity index (χ0n) is 8.84. The summed E-state index contributed by atoms with van der Waals surface area (Å²) in [5, 5.41) is 2.33. The number of anilines is 1. The van der Waals surface area contributed by atoms with Gasteiger partial charge >= 0.3 is 6.18 Å². The summed E-state index contributed by atoms with van der Waals surface area (Å²) < 4.78 is 36.0. The summed E-state index contributed by atoms with van der Waals surface area (Å²) in [4.78, 5) is 11.1. The van der Waals surface area contributed by atoms with Crippen molar-refractivity contribution < 1.29 is 18.0 Å². The third-order valence-corrected chi connectivity index (χ3v) is 2.34. The molecule has 0 spiro atoms. The summed E-state index contributed by atoms with van der Waals surface area (Å²) in [6.45, 7) is 0. The highest BCUT2D eigenvalue weighted by atomic mass is 35.5. The van der Waals surface area contributed by atoms with Crippen LogP contribution in [0.2, 0.25) is 5.02 Å². The standard InChI is InChI=1S/C10H8ClF3N2OS/c11-5-1-2-6(9(15)18)7(3-5)16-8(17)4-10(12,13)14/h1-3H,4H2,(H2,15,18)(H,16,17). The van der Waals surface area contributed by atoms with Crippen LogP contribution in [0.3, 0.4) is 0 Å². The molecule has 1 aromatic rings. The third kappa shape index (κ3) is 4.50. The minimum atomic E-state index is -4.58. The van der Waals surface area contributed by atoms with Gasteiger partial charge in [-0.2, -0.15) is 13.2 Å². The molecule has 1 aromatic carbocycles. The molecule has 0 unspecified atom stereocenters. The van der Waals surface area contributed by atoms with E-state index in [9.17, 15) is 18.0 Å². The Kier molecular flexibility index (Phi) is 4.53. The highest BCUT2D eigenvalue weighted by molar-refractivity contribution is 7.80. The van der Waals surface area contributed by atoms with Gasteiger partial charge in [-0.25, -0.2) is 0 Å². The lowest BCUT2D eigenvalue weighted by atomic mass is 10.1. The second kappa shape index (κ2) is 5.53. The highest BCUT2D eigenvalue weighted by Crippen LogP contribution is 2.24. The van der Waals surface area contributed by atoms with Gasteiger partial charge in [0.15, 0.2) is 0 Å². The van der Waals surface area contributed by atoms with Gasteiger partial charge in [0.25, 0.3) is 0 Å². The summed E-state index contributed by atoms with van der Waals surface area (Å²) in [5.41, 5.74) is 5.70. The van der Waals surface area contributed by atoms with Crippen molar-refractivity contribution in [3.05, 3.63) is 28.8 Å². The smallest absolute Gasteiger partial charge is 0.389 e. The van der Waals surface area contributed by atoms with Crippen LogP contribution in [0, 0.1) is 0 Å². The van der Waals surface area contributed by atoms with E-state index in [1.165, 1.54) is 18.2 Å². The second-order valence-corrected chi connectivity index (χ2v) is 4.27. The SMILES string of the molecule is NC(=S)c1ccc(Cl)cc1NC(=O)CC(F)(F)F. The van der Waals surface area contributed by atoms with E-state index in [0.29, 0.717) is 0 Å². The Bertz CT molecular complexity index is 491. The van der Waals surface area contributed by atoms with E-state index in [1.807, 2.05) is 0 Å². The molecule has 1 rings (SSSR count). The van der Waals surface area contributed by atoms with Gasteiger partial charge in [-0.3, -0.25) is 4.79 Å². The predicted octanol–water partition coefficient (Wildman–Crippen LogP) is 2.87. The number of nitrogens with one attached hydrogen (secondary N) is 1. The molecule has 0 fully saturated rings. The van der Waals surface area contributed by atoms with Crippen molar-refractivity contribution in [2.24, 2.45) is 5.73 Å². The van der Waals surface area contributed by atoms with E-state index >= 15 is 0 Å². The number of alkyl halides is 3. The number of carbonyl (C=O) groups is 1. The number of carbonyl (C=O) groups excluding carboxylic acids is 1. The lowest BCUT2D eigenvalue weighted by molar-refractivity contribution is -0.150. The van der Waals surface area contributed by atoms with Crippen molar-refractivity contribution >= 4 is 40.4 Å². The lowest BCUT2D eigenvalue weighted by Crippen LogP contribution is -2.23. The average Bonchev–Trinajstić information content (AvgIpc) is 2.13. The van der Waals surface area contributed by atoms with E-state index in [1.54, 1.807) is 0 Å². The number of nitrogens with two attached hydrogens (primary N) is 1. The Morgan fingerprint density at radius 1 is 1.44 bits per heavy atom. The molecule has 0 heterocycles. The largest absolute Gasteiger partial charge is 0.397 e. The van der Waals surface area contributed by atoms with Gasteiger partial charge in [-0.15, -0.1) is 0 Å². The van der Waals surface area contributed by atoms with E-state index < -0.39 is 18.5 Å². The molecular weight excluding hydrogens is 289 g/mol. The number of amides is 1. The quantitative estimate of drug-likeness (QED) is 0.843. The molecule has 18 heavy (non-hydrogen) atoms. The van der Waals surface area contributed by atoms with Crippen LogP contribution >= 0.6 is 23.8 Å². The van der Waals surface area contributed by atoms with Crippen molar-refractivity contribution in [3.8, 4) is 0 Å². The molecule has 0 aliphatic carbocycles. The van der Waals surface area contributed by atoms with Gasteiger partial charge in [-0.1, -0.05) is 23.8 Å². The van der Waals surface area contributed by atoms with Gasteiger partial charge in [0.05, 0.1) is 5.69 Å². The van der Waals surface area contributed by atoms with Crippen molar-refractivity contribution in [2.75, 3.05) is 5.32 Å². The van der Waals surface area contributed by atoms with Crippen molar-refractivity contribution in [1.82, 2.24) is 0 Å². The molecule has 0 radical (unpaired) electrons. The first kappa shape index (κ1) is 14.7. The molecule has 0 bridgehead atoms. The zero-order chi connectivity index (χ0) is 13.9. The van der Waals surface area contributed by atoms with Gasteiger partial charge in [0, 0.05) is 10.6 Å². The summed E-state index contributed by atoms with van der Waals surface area (Å²) in [6, 6.07) is 4.17. The first-order valence-corrected chi connectivity index (χ1v) is 5.43. The lowest BCUT2D eigenvalue weighted by Gasteiger charge is -2.11. The second-order valence-electron chi connectivity index (χ2n) is 3.39. The molecule has 0 saturated carbocycles. The molecule has 0 atom stereocenters. The van der Waals surface area contributed by atoms with E-state index in [2.05, 4.69) is 5.32 Å².